The van der Waals surface area contributed by atoms with Gasteiger partial charge in [0, 0.05) is 66.0 Å². The van der Waals surface area contributed by atoms with Crippen molar-refractivity contribution in [2.75, 3.05) is 4.90 Å². The molecule has 0 fully saturated rings. The van der Waals surface area contributed by atoms with E-state index in [1.165, 1.54) is 77.5 Å². The molecule has 0 saturated carbocycles. The maximum atomic E-state index is 6.83. The van der Waals surface area contributed by atoms with Crippen molar-refractivity contribution in [1.82, 2.24) is 0 Å². The third-order valence-electron chi connectivity index (χ3n) is 17.0. The van der Waals surface area contributed by atoms with Crippen LogP contribution in [0.15, 0.2) is 209 Å². The van der Waals surface area contributed by atoms with Crippen LogP contribution in [0, 0.1) is 0 Å². The second kappa shape index (κ2) is 14.4. The molecule has 0 saturated heterocycles. The van der Waals surface area contributed by atoms with E-state index >= 15 is 0 Å². The van der Waals surface area contributed by atoms with E-state index < -0.39 is 0 Å². The van der Waals surface area contributed by atoms with Gasteiger partial charge >= 0.3 is 0 Å². The van der Waals surface area contributed by atoms with Crippen molar-refractivity contribution >= 4 is 60.9 Å². The zero-order chi connectivity index (χ0) is 48.4. The Morgan fingerprint density at radius 2 is 0.681 bits per heavy atom. The van der Waals surface area contributed by atoms with Crippen LogP contribution in [0.1, 0.15) is 74.9 Å². The van der Waals surface area contributed by atoms with Crippen molar-refractivity contribution in [3.8, 4) is 55.6 Å². The van der Waals surface area contributed by atoms with E-state index in [1.807, 2.05) is 0 Å². The number of nitrogens with zero attached hydrogens (tertiary/aromatic N) is 1. The zero-order valence-electron chi connectivity index (χ0n) is 41.3. The molecule has 0 N–H and O–H groups in total. The van der Waals surface area contributed by atoms with Gasteiger partial charge in [-0.3, -0.25) is 0 Å². The lowest BCUT2D eigenvalue weighted by Gasteiger charge is -2.31. The van der Waals surface area contributed by atoms with E-state index in [-0.39, 0.29) is 16.2 Å². The molecule has 0 aliphatic heterocycles. The van der Waals surface area contributed by atoms with E-state index in [0.717, 1.165) is 72.4 Å². The molecule has 0 radical (unpaired) electrons. The van der Waals surface area contributed by atoms with Gasteiger partial charge in [-0.25, -0.2) is 0 Å². The van der Waals surface area contributed by atoms with Crippen molar-refractivity contribution < 1.29 is 8.83 Å². The molecule has 72 heavy (non-hydrogen) atoms. The zero-order valence-corrected chi connectivity index (χ0v) is 41.3. The molecule has 2 aromatic heterocycles. The van der Waals surface area contributed by atoms with Gasteiger partial charge in [-0.2, -0.15) is 0 Å². The number of fused-ring (bicyclic) bond motifs is 17. The Balaban J connectivity index is 0.956. The minimum absolute atomic E-state index is 0.166. The van der Waals surface area contributed by atoms with Crippen molar-refractivity contribution in [3.63, 3.8) is 0 Å². The van der Waals surface area contributed by atoms with Gasteiger partial charge in [-0.05, 0) is 139 Å². The second-order valence-corrected chi connectivity index (χ2v) is 22.0. The van der Waals surface area contributed by atoms with Crippen LogP contribution in [0.3, 0.4) is 0 Å². The maximum Gasteiger partial charge on any atom is 0.143 e. The SMILES string of the molecule is CC1(C)c2ccccc2-c2ccc(N(c3ccc4c(c3)C(C)(C)c3cc(-c5ccccc5)c5oc6ccccc6c5c3-4)c3ccc4c(c3)C(C)(C)c3cc(-c5ccccc5)c5oc6ccccc6c5c3-4)cc21. The Labute approximate surface area is 419 Å². The van der Waals surface area contributed by atoms with Gasteiger partial charge < -0.3 is 13.7 Å². The van der Waals surface area contributed by atoms with Crippen molar-refractivity contribution in [2.24, 2.45) is 0 Å². The quantitative estimate of drug-likeness (QED) is 0.172. The Bertz CT molecular complexity index is 4070. The monoisotopic (exact) mass is 925 g/mol. The van der Waals surface area contributed by atoms with Gasteiger partial charge in [0.15, 0.2) is 0 Å². The highest BCUT2D eigenvalue weighted by Crippen LogP contribution is 2.59. The lowest BCUT2D eigenvalue weighted by Crippen LogP contribution is -2.19. The Hall–Kier alpha value is -8.40. The predicted octanol–water partition coefficient (Wildman–Crippen LogP) is 19.2. The standard InChI is InChI=1S/C69H51NO2/c1-67(2)53-26-16-13-23-45(53)46-32-29-42(35-54(46)67)70(43-30-33-47-55(36-43)68(3,4)57-38-51(40-19-9-7-10-20-40)65-63(61(47)57)49-24-14-17-27-59(49)71-65)44-31-34-48-56(37-44)69(5,6)58-39-52(41-21-11-8-12-22-41)66-64(62(48)58)50-25-15-18-28-60(50)72-66/h7-39H,1-6H3. The van der Waals surface area contributed by atoms with Gasteiger partial charge in [-0.1, -0.05) is 181 Å². The van der Waals surface area contributed by atoms with Gasteiger partial charge in [0.2, 0.25) is 0 Å². The van der Waals surface area contributed by atoms with Gasteiger partial charge in [-0.15, -0.1) is 0 Å². The highest BCUT2D eigenvalue weighted by Gasteiger charge is 2.42. The molecule has 0 atom stereocenters. The van der Waals surface area contributed by atoms with Crippen molar-refractivity contribution in [2.45, 2.75) is 57.8 Å². The van der Waals surface area contributed by atoms with Crippen LogP contribution in [0.2, 0.25) is 0 Å². The normalized spacial score (nSPS) is 15.1. The molecular formula is C69H51NO2. The third-order valence-corrected chi connectivity index (χ3v) is 17.0. The minimum Gasteiger partial charge on any atom is -0.455 e. The molecule has 3 heteroatoms. The van der Waals surface area contributed by atoms with Crippen LogP contribution in [0.5, 0.6) is 0 Å². The van der Waals surface area contributed by atoms with Crippen molar-refractivity contribution in [1.29, 1.82) is 0 Å². The average molecular weight is 926 g/mol. The summed E-state index contributed by atoms with van der Waals surface area (Å²) in [6, 6.07) is 74.0. The van der Waals surface area contributed by atoms with E-state index in [9.17, 15) is 0 Å². The fourth-order valence-electron chi connectivity index (χ4n) is 13.4. The first-order chi connectivity index (χ1) is 35.0. The number of hydrogen-bond donors (Lipinski definition) is 0. The summed E-state index contributed by atoms with van der Waals surface area (Å²) in [6.07, 6.45) is 0. The summed E-state index contributed by atoms with van der Waals surface area (Å²) >= 11 is 0. The van der Waals surface area contributed by atoms with Gasteiger partial charge in [0.05, 0.1) is 0 Å². The largest absolute Gasteiger partial charge is 0.455 e. The van der Waals surface area contributed by atoms with E-state index in [0.29, 0.717) is 0 Å². The molecule has 344 valence electrons. The lowest BCUT2D eigenvalue weighted by atomic mass is 9.80. The Morgan fingerprint density at radius 3 is 1.17 bits per heavy atom. The number of benzene rings is 10. The van der Waals surface area contributed by atoms with E-state index in [4.69, 9.17) is 8.83 Å². The summed E-state index contributed by atoms with van der Waals surface area (Å²) in [6.45, 7) is 14.4. The summed E-state index contributed by atoms with van der Waals surface area (Å²) in [5, 5.41) is 4.68. The highest BCUT2D eigenvalue weighted by atomic mass is 16.3. The summed E-state index contributed by atoms with van der Waals surface area (Å²) in [7, 11) is 0. The van der Waals surface area contributed by atoms with Gasteiger partial charge in [0.1, 0.15) is 22.3 Å². The molecular weight excluding hydrogens is 875 g/mol. The number of anilines is 3. The molecule has 0 bridgehead atoms. The lowest BCUT2D eigenvalue weighted by molar-refractivity contribution is 0.657. The molecule has 0 unspecified atom stereocenters. The summed E-state index contributed by atoms with van der Waals surface area (Å²) in [5.74, 6) is 0. The van der Waals surface area contributed by atoms with Crippen LogP contribution in [0.25, 0.3) is 99.5 Å². The number of para-hydroxylation sites is 2. The van der Waals surface area contributed by atoms with E-state index in [1.54, 1.807) is 0 Å². The van der Waals surface area contributed by atoms with Crippen LogP contribution >= 0.6 is 0 Å². The first-order valence-corrected chi connectivity index (χ1v) is 25.4. The topological polar surface area (TPSA) is 29.5 Å². The third kappa shape index (κ3) is 5.46. The number of furan rings is 2. The van der Waals surface area contributed by atoms with E-state index in [2.05, 4.69) is 247 Å². The maximum absolute atomic E-state index is 6.83. The first kappa shape index (κ1) is 41.4. The molecule has 2 heterocycles. The van der Waals surface area contributed by atoms with Crippen LogP contribution in [0.4, 0.5) is 17.1 Å². The molecule has 3 aliphatic carbocycles. The smallest absolute Gasteiger partial charge is 0.143 e. The van der Waals surface area contributed by atoms with Crippen LogP contribution in [-0.4, -0.2) is 0 Å². The molecule has 3 nitrogen and oxygen atoms in total. The summed E-state index contributed by atoms with van der Waals surface area (Å²) < 4.78 is 13.7. The second-order valence-electron chi connectivity index (χ2n) is 22.0. The van der Waals surface area contributed by atoms with Crippen molar-refractivity contribution in [3.05, 3.63) is 234 Å². The fraction of sp³-hybridized carbons (Fsp3) is 0.130. The van der Waals surface area contributed by atoms with Crippen LogP contribution < -0.4 is 4.90 Å². The predicted molar refractivity (Wildman–Crippen MR) is 299 cm³/mol. The summed E-state index contributed by atoms with van der Waals surface area (Å²) in [5.41, 5.74) is 26.5. The fourth-order valence-corrected chi connectivity index (χ4v) is 13.4. The highest BCUT2D eigenvalue weighted by molar-refractivity contribution is 6.20. The Kier molecular flexibility index (Phi) is 8.26. The van der Waals surface area contributed by atoms with Gasteiger partial charge in [0.25, 0.3) is 0 Å². The molecule has 10 aromatic carbocycles. The molecule has 3 aliphatic rings. The minimum atomic E-state index is -0.319. The summed E-state index contributed by atoms with van der Waals surface area (Å²) in [4.78, 5) is 2.52. The number of hydrogen-bond acceptors (Lipinski definition) is 3. The average Bonchev–Trinajstić information content (AvgIpc) is 4.16. The molecule has 12 aromatic rings. The first-order valence-electron chi connectivity index (χ1n) is 25.4. The molecule has 15 rings (SSSR count). The number of rotatable bonds is 5. The molecule has 0 amide bonds. The van der Waals surface area contributed by atoms with Crippen LogP contribution in [-0.2, 0) is 16.2 Å². The Morgan fingerprint density at radius 1 is 0.306 bits per heavy atom. The molecule has 0 spiro atoms.